The van der Waals surface area contributed by atoms with Crippen LogP contribution in [-0.2, 0) is 0 Å². The zero-order chi connectivity index (χ0) is 16.3. The number of hydrogen-bond donors (Lipinski definition) is 3. The molecule has 3 N–H and O–H groups in total. The molecule has 0 aliphatic heterocycles. The lowest BCUT2D eigenvalue weighted by atomic mass is 10.0. The van der Waals surface area contributed by atoms with Crippen molar-refractivity contribution in [1.82, 2.24) is 5.32 Å². The molecular weight excluding hydrogens is 310 g/mol. The van der Waals surface area contributed by atoms with Crippen LogP contribution < -0.4 is 5.32 Å². The van der Waals surface area contributed by atoms with Gasteiger partial charge in [-0.1, -0.05) is 96.8 Å². The molecule has 0 aliphatic carbocycles. The third-order valence-electron chi connectivity index (χ3n) is 4.28. The first-order valence-corrected chi connectivity index (χ1v) is 9.84. The molecule has 3 nitrogen and oxygen atoms in total. The maximum atomic E-state index is 8.67. The Morgan fingerprint density at radius 1 is 0.609 bits per heavy atom. The lowest BCUT2D eigenvalue weighted by Gasteiger charge is -2.06. The van der Waals surface area contributed by atoms with Gasteiger partial charge in [-0.25, -0.2) is 0 Å². The fourth-order valence-corrected chi connectivity index (χ4v) is 2.85. The smallest absolute Gasteiger partial charge is 0.164 e. The van der Waals surface area contributed by atoms with Crippen molar-refractivity contribution in [2.75, 3.05) is 13.1 Å². The Hall–Kier alpha value is 0.170. The van der Waals surface area contributed by atoms with E-state index in [4.69, 9.17) is 10.2 Å². The van der Waals surface area contributed by atoms with Crippen LogP contribution in [0.2, 0.25) is 0 Å². The molecule has 142 valence electrons. The summed E-state index contributed by atoms with van der Waals surface area (Å²) in [5, 5.41) is 20.4. The summed E-state index contributed by atoms with van der Waals surface area (Å²) in [5.74, 6) is 0. The van der Waals surface area contributed by atoms with E-state index in [1.165, 1.54) is 89.9 Å². The highest BCUT2D eigenvalue weighted by atomic mass is 35.5. The molecule has 0 atom stereocenters. The molecule has 4 heteroatoms. The molecule has 0 unspecified atom stereocenters. The summed E-state index contributed by atoms with van der Waals surface area (Å²) in [7, 11) is 0. The van der Waals surface area contributed by atoms with E-state index in [0.29, 0.717) is 6.54 Å². The number of unbranched alkanes of at least 4 members (excludes halogenated alkanes) is 14. The molecular formula is C19H42ClNO2. The van der Waals surface area contributed by atoms with Crippen molar-refractivity contribution in [3.63, 3.8) is 0 Å². The molecule has 0 amide bonds. The van der Waals surface area contributed by atoms with E-state index >= 15 is 0 Å². The number of hydrogen-bond acceptors (Lipinski definition) is 3. The summed E-state index contributed by atoms with van der Waals surface area (Å²) in [5.41, 5.74) is 0. The van der Waals surface area contributed by atoms with Crippen LogP contribution in [0.15, 0.2) is 0 Å². The number of rotatable bonds is 18. The lowest BCUT2D eigenvalue weighted by molar-refractivity contribution is -0.0370. The molecule has 0 radical (unpaired) electrons. The minimum Gasteiger partial charge on any atom is -0.367 e. The second-order valence-electron chi connectivity index (χ2n) is 6.63. The van der Waals surface area contributed by atoms with Crippen molar-refractivity contribution in [3.8, 4) is 0 Å². The lowest BCUT2D eigenvalue weighted by Crippen LogP contribution is -2.26. The van der Waals surface area contributed by atoms with Gasteiger partial charge >= 0.3 is 0 Å². The highest BCUT2D eigenvalue weighted by molar-refractivity contribution is 5.85. The van der Waals surface area contributed by atoms with E-state index in [-0.39, 0.29) is 12.4 Å². The number of halogens is 1. The van der Waals surface area contributed by atoms with E-state index in [2.05, 4.69) is 12.2 Å². The quantitative estimate of drug-likeness (QED) is 0.235. The van der Waals surface area contributed by atoms with Gasteiger partial charge in [-0.05, 0) is 13.0 Å². The summed E-state index contributed by atoms with van der Waals surface area (Å²) < 4.78 is 0. The van der Waals surface area contributed by atoms with Crippen LogP contribution in [0, 0.1) is 0 Å². The Bertz CT molecular complexity index is 204. The minimum absolute atomic E-state index is 0. The second-order valence-corrected chi connectivity index (χ2v) is 6.63. The highest BCUT2D eigenvalue weighted by Crippen LogP contribution is 2.13. The first kappa shape index (κ1) is 25.4. The van der Waals surface area contributed by atoms with Gasteiger partial charge in [-0.15, -0.1) is 12.4 Å². The molecule has 0 aromatic rings. The first-order valence-electron chi connectivity index (χ1n) is 9.84. The third kappa shape index (κ3) is 24.5. The van der Waals surface area contributed by atoms with Gasteiger partial charge in [0.2, 0.25) is 0 Å². The van der Waals surface area contributed by atoms with E-state index in [9.17, 15) is 0 Å². The molecule has 0 fully saturated rings. The van der Waals surface area contributed by atoms with Crippen molar-refractivity contribution >= 4 is 12.4 Å². The highest BCUT2D eigenvalue weighted by Gasteiger charge is 1.96. The number of nitrogens with one attached hydrogen (secondary N) is 1. The third-order valence-corrected chi connectivity index (χ3v) is 4.28. The van der Waals surface area contributed by atoms with Gasteiger partial charge in [-0.3, -0.25) is 0 Å². The summed E-state index contributed by atoms with van der Waals surface area (Å²) in [6, 6.07) is 0. The van der Waals surface area contributed by atoms with Gasteiger partial charge < -0.3 is 15.5 Å². The van der Waals surface area contributed by atoms with Crippen molar-refractivity contribution < 1.29 is 10.2 Å². The Balaban J connectivity index is 0. The minimum atomic E-state index is -1.21. The van der Waals surface area contributed by atoms with Crippen LogP contribution in [0.1, 0.15) is 103 Å². The molecule has 0 aromatic carbocycles. The van der Waals surface area contributed by atoms with Gasteiger partial charge in [0.15, 0.2) is 6.29 Å². The number of aliphatic hydroxyl groups is 2. The molecule has 0 heterocycles. The van der Waals surface area contributed by atoms with Crippen LogP contribution >= 0.6 is 12.4 Å². The molecule has 0 rings (SSSR count). The van der Waals surface area contributed by atoms with Gasteiger partial charge in [-0.2, -0.15) is 0 Å². The van der Waals surface area contributed by atoms with Crippen LogP contribution in [-0.4, -0.2) is 29.6 Å². The zero-order valence-corrected chi connectivity index (χ0v) is 16.2. The molecule has 23 heavy (non-hydrogen) atoms. The fourth-order valence-electron chi connectivity index (χ4n) is 2.85. The monoisotopic (exact) mass is 351 g/mol. The van der Waals surface area contributed by atoms with E-state index < -0.39 is 6.29 Å². The van der Waals surface area contributed by atoms with Crippen LogP contribution in [0.4, 0.5) is 0 Å². The summed E-state index contributed by atoms with van der Waals surface area (Å²) in [4.78, 5) is 0. The van der Waals surface area contributed by atoms with E-state index in [1.54, 1.807) is 0 Å². The molecule has 0 spiro atoms. The summed E-state index contributed by atoms with van der Waals surface area (Å²) in [6.07, 6.45) is 19.5. The first-order chi connectivity index (χ1) is 10.8. The largest absolute Gasteiger partial charge is 0.367 e. The topological polar surface area (TPSA) is 52.5 Å². The maximum absolute atomic E-state index is 8.67. The Labute approximate surface area is 151 Å². The fraction of sp³-hybridized carbons (Fsp3) is 1.00. The SMILES string of the molecule is CCCCCCCCCCCCCCCCCNCC(O)O.Cl. The van der Waals surface area contributed by atoms with Crippen molar-refractivity contribution in [3.05, 3.63) is 0 Å². The van der Waals surface area contributed by atoms with Crippen LogP contribution in [0.3, 0.4) is 0 Å². The zero-order valence-electron chi connectivity index (χ0n) is 15.4. The normalized spacial score (nSPS) is 11.0. The molecule has 0 saturated heterocycles. The van der Waals surface area contributed by atoms with Gasteiger partial charge in [0.1, 0.15) is 0 Å². The van der Waals surface area contributed by atoms with Crippen LogP contribution in [0.5, 0.6) is 0 Å². The standard InChI is InChI=1S/C19H41NO2.ClH/c1-2-3-4-5-6-7-8-9-10-11-12-13-14-15-16-17-20-18-19(21)22;/h19-22H,2-18H2,1H3;1H. The van der Waals surface area contributed by atoms with E-state index in [1.807, 2.05) is 0 Å². The van der Waals surface area contributed by atoms with Gasteiger partial charge in [0, 0.05) is 6.54 Å². The molecule has 0 bridgehead atoms. The van der Waals surface area contributed by atoms with Gasteiger partial charge in [0.05, 0.1) is 0 Å². The Morgan fingerprint density at radius 3 is 1.30 bits per heavy atom. The predicted molar refractivity (Wildman–Crippen MR) is 103 cm³/mol. The second kappa shape index (κ2) is 22.2. The maximum Gasteiger partial charge on any atom is 0.164 e. The van der Waals surface area contributed by atoms with E-state index in [0.717, 1.165) is 13.0 Å². The average molecular weight is 352 g/mol. The van der Waals surface area contributed by atoms with Crippen LogP contribution in [0.25, 0.3) is 0 Å². The molecule has 0 aromatic heterocycles. The summed E-state index contributed by atoms with van der Waals surface area (Å²) in [6.45, 7) is 3.47. The average Bonchev–Trinajstić information content (AvgIpc) is 2.50. The van der Waals surface area contributed by atoms with Crippen molar-refractivity contribution in [2.24, 2.45) is 0 Å². The number of aliphatic hydroxyl groups excluding tert-OH is 1. The Kier molecular flexibility index (Phi) is 24.5. The van der Waals surface area contributed by atoms with Gasteiger partial charge in [0.25, 0.3) is 0 Å². The molecule has 0 saturated carbocycles. The predicted octanol–water partition coefficient (Wildman–Crippen LogP) is 5.18. The Morgan fingerprint density at radius 2 is 0.957 bits per heavy atom. The summed E-state index contributed by atoms with van der Waals surface area (Å²) >= 11 is 0. The van der Waals surface area contributed by atoms with Crippen molar-refractivity contribution in [2.45, 2.75) is 110 Å². The van der Waals surface area contributed by atoms with Crippen molar-refractivity contribution in [1.29, 1.82) is 0 Å². The molecule has 0 aliphatic rings.